The second-order valence-corrected chi connectivity index (χ2v) is 7.03. The van der Waals surface area contributed by atoms with Gasteiger partial charge in [0.25, 0.3) is 0 Å². The first-order chi connectivity index (χ1) is 11.8. The lowest BCUT2D eigenvalue weighted by molar-refractivity contribution is -0.123. The van der Waals surface area contributed by atoms with Crippen LogP contribution in [0.4, 0.5) is 0 Å². The molecule has 0 aromatic heterocycles. The molecule has 0 saturated carbocycles. The Bertz CT molecular complexity index is 533. The average molecular weight is 348 g/mol. The molecule has 0 bridgehead atoms. The SMILES string of the molecule is CCCC(N)CCC(N)C(=O)CC(C)C(N)C(=O)Cc1ccccc1. The first kappa shape index (κ1) is 21.5. The molecule has 0 spiro atoms. The highest BCUT2D eigenvalue weighted by molar-refractivity contribution is 5.88. The van der Waals surface area contributed by atoms with Crippen LogP contribution in [0, 0.1) is 5.92 Å². The van der Waals surface area contributed by atoms with E-state index in [0.29, 0.717) is 12.8 Å². The zero-order valence-electron chi connectivity index (χ0n) is 15.5. The van der Waals surface area contributed by atoms with E-state index in [4.69, 9.17) is 17.2 Å². The van der Waals surface area contributed by atoms with E-state index in [1.165, 1.54) is 0 Å². The molecular weight excluding hydrogens is 314 g/mol. The van der Waals surface area contributed by atoms with Gasteiger partial charge in [-0.05, 0) is 30.7 Å². The molecule has 0 radical (unpaired) electrons. The number of carbonyl (C=O) groups is 2. The zero-order chi connectivity index (χ0) is 18.8. The summed E-state index contributed by atoms with van der Waals surface area (Å²) in [4.78, 5) is 24.6. The van der Waals surface area contributed by atoms with Crippen molar-refractivity contribution in [2.75, 3.05) is 0 Å². The summed E-state index contributed by atoms with van der Waals surface area (Å²) in [5.41, 5.74) is 18.9. The van der Waals surface area contributed by atoms with E-state index in [-0.39, 0.29) is 29.9 Å². The third-order valence-electron chi connectivity index (χ3n) is 4.65. The number of rotatable bonds is 12. The van der Waals surface area contributed by atoms with Gasteiger partial charge < -0.3 is 17.2 Å². The molecule has 4 unspecified atom stereocenters. The normalized spacial score (nSPS) is 16.0. The largest absolute Gasteiger partial charge is 0.328 e. The Labute approximate surface area is 151 Å². The second kappa shape index (κ2) is 11.1. The maximum Gasteiger partial charge on any atom is 0.154 e. The van der Waals surface area contributed by atoms with Crippen molar-refractivity contribution in [1.29, 1.82) is 0 Å². The van der Waals surface area contributed by atoms with Gasteiger partial charge >= 0.3 is 0 Å². The molecule has 1 rings (SSSR count). The van der Waals surface area contributed by atoms with Gasteiger partial charge in [-0.2, -0.15) is 0 Å². The Morgan fingerprint density at radius 3 is 2.20 bits per heavy atom. The predicted molar refractivity (Wildman–Crippen MR) is 102 cm³/mol. The highest BCUT2D eigenvalue weighted by atomic mass is 16.1. The Morgan fingerprint density at radius 1 is 0.960 bits per heavy atom. The molecule has 1 aromatic rings. The molecule has 6 N–H and O–H groups in total. The summed E-state index contributed by atoms with van der Waals surface area (Å²) in [7, 11) is 0. The van der Waals surface area contributed by atoms with E-state index in [1.54, 1.807) is 0 Å². The van der Waals surface area contributed by atoms with Crippen LogP contribution in [0.2, 0.25) is 0 Å². The maximum atomic E-state index is 12.3. The first-order valence-corrected chi connectivity index (χ1v) is 9.21. The Balaban J connectivity index is 2.43. The highest BCUT2D eigenvalue weighted by Gasteiger charge is 2.25. The van der Waals surface area contributed by atoms with E-state index in [9.17, 15) is 9.59 Å². The van der Waals surface area contributed by atoms with E-state index >= 15 is 0 Å². The quantitative estimate of drug-likeness (QED) is 0.535. The number of hydrogen-bond donors (Lipinski definition) is 3. The molecule has 0 heterocycles. The molecule has 140 valence electrons. The number of carbonyl (C=O) groups excluding carboxylic acids is 2. The lowest BCUT2D eigenvalue weighted by Crippen LogP contribution is -2.41. The van der Waals surface area contributed by atoms with Gasteiger partial charge in [0.15, 0.2) is 5.78 Å². The van der Waals surface area contributed by atoms with Crippen LogP contribution in [0.25, 0.3) is 0 Å². The molecular formula is C20H33N3O2. The molecule has 5 heteroatoms. The molecule has 1 aromatic carbocycles. The van der Waals surface area contributed by atoms with Gasteiger partial charge in [-0.1, -0.05) is 50.6 Å². The van der Waals surface area contributed by atoms with Gasteiger partial charge in [-0.15, -0.1) is 0 Å². The smallest absolute Gasteiger partial charge is 0.154 e. The fraction of sp³-hybridized carbons (Fsp3) is 0.600. The summed E-state index contributed by atoms with van der Waals surface area (Å²) >= 11 is 0. The standard InChI is InChI=1S/C20H33N3O2/c1-3-7-16(21)10-11-17(22)18(24)12-14(2)20(23)19(25)13-15-8-5-4-6-9-15/h4-6,8-9,14,16-17,20H,3,7,10-13,21-23H2,1-2H3. The van der Waals surface area contributed by atoms with Crippen molar-refractivity contribution in [2.24, 2.45) is 23.1 Å². The minimum Gasteiger partial charge on any atom is -0.328 e. The number of Topliss-reactive ketones (excluding diaryl/α,β-unsaturated/α-hetero) is 2. The summed E-state index contributed by atoms with van der Waals surface area (Å²) in [6.45, 7) is 3.92. The van der Waals surface area contributed by atoms with Gasteiger partial charge in [-0.3, -0.25) is 9.59 Å². The minimum atomic E-state index is -0.654. The number of hydrogen-bond acceptors (Lipinski definition) is 5. The minimum absolute atomic E-state index is 0.0424. The third kappa shape index (κ3) is 7.90. The lowest BCUT2D eigenvalue weighted by atomic mass is 9.88. The van der Waals surface area contributed by atoms with Crippen molar-refractivity contribution in [1.82, 2.24) is 0 Å². The highest BCUT2D eigenvalue weighted by Crippen LogP contribution is 2.14. The van der Waals surface area contributed by atoms with E-state index < -0.39 is 12.1 Å². The van der Waals surface area contributed by atoms with Crippen molar-refractivity contribution in [3.8, 4) is 0 Å². The number of nitrogens with two attached hydrogens (primary N) is 3. The molecule has 0 amide bonds. The van der Waals surface area contributed by atoms with Crippen LogP contribution >= 0.6 is 0 Å². The van der Waals surface area contributed by atoms with Crippen LogP contribution < -0.4 is 17.2 Å². The van der Waals surface area contributed by atoms with E-state index in [0.717, 1.165) is 24.8 Å². The van der Waals surface area contributed by atoms with E-state index in [2.05, 4.69) is 6.92 Å². The van der Waals surface area contributed by atoms with Crippen molar-refractivity contribution < 1.29 is 9.59 Å². The number of benzene rings is 1. The molecule has 25 heavy (non-hydrogen) atoms. The topological polar surface area (TPSA) is 112 Å². The first-order valence-electron chi connectivity index (χ1n) is 9.21. The molecule has 4 atom stereocenters. The summed E-state index contributed by atoms with van der Waals surface area (Å²) < 4.78 is 0. The summed E-state index contributed by atoms with van der Waals surface area (Å²) in [6, 6.07) is 8.40. The van der Waals surface area contributed by atoms with Gasteiger partial charge in [0, 0.05) is 18.9 Å². The van der Waals surface area contributed by atoms with Crippen LogP contribution in [0.5, 0.6) is 0 Å². The van der Waals surface area contributed by atoms with Crippen LogP contribution in [0.15, 0.2) is 30.3 Å². The molecule has 0 saturated heterocycles. The monoisotopic (exact) mass is 347 g/mol. The van der Waals surface area contributed by atoms with Gasteiger partial charge in [0.2, 0.25) is 0 Å². The lowest BCUT2D eigenvalue weighted by Gasteiger charge is -2.20. The Hall–Kier alpha value is -1.56. The summed E-state index contributed by atoms with van der Waals surface area (Å²) in [6.07, 6.45) is 3.81. The Morgan fingerprint density at radius 2 is 1.60 bits per heavy atom. The van der Waals surface area contributed by atoms with Crippen molar-refractivity contribution >= 4 is 11.6 Å². The van der Waals surface area contributed by atoms with Crippen molar-refractivity contribution in [2.45, 2.75) is 70.5 Å². The zero-order valence-corrected chi connectivity index (χ0v) is 15.5. The maximum absolute atomic E-state index is 12.3. The summed E-state index contributed by atoms with van der Waals surface area (Å²) in [5.74, 6) is -0.316. The fourth-order valence-electron chi connectivity index (χ4n) is 2.90. The third-order valence-corrected chi connectivity index (χ3v) is 4.65. The van der Waals surface area contributed by atoms with Crippen molar-refractivity contribution in [3.05, 3.63) is 35.9 Å². The van der Waals surface area contributed by atoms with Gasteiger partial charge in [0.1, 0.15) is 5.78 Å². The van der Waals surface area contributed by atoms with Crippen LogP contribution in [0.1, 0.15) is 51.5 Å². The van der Waals surface area contributed by atoms with Gasteiger partial charge in [-0.25, -0.2) is 0 Å². The van der Waals surface area contributed by atoms with Crippen LogP contribution in [0.3, 0.4) is 0 Å². The molecule has 0 aliphatic heterocycles. The van der Waals surface area contributed by atoms with Crippen LogP contribution in [-0.4, -0.2) is 29.7 Å². The average Bonchev–Trinajstić information content (AvgIpc) is 2.59. The molecule has 0 aliphatic carbocycles. The summed E-state index contributed by atoms with van der Waals surface area (Å²) in [5, 5.41) is 0. The number of ketones is 2. The van der Waals surface area contributed by atoms with E-state index in [1.807, 2.05) is 37.3 Å². The molecule has 0 fully saturated rings. The second-order valence-electron chi connectivity index (χ2n) is 7.03. The molecule has 5 nitrogen and oxygen atoms in total. The van der Waals surface area contributed by atoms with Crippen LogP contribution in [-0.2, 0) is 16.0 Å². The predicted octanol–water partition coefficient (Wildman–Crippen LogP) is 1.96. The Kier molecular flexibility index (Phi) is 9.57. The fourth-order valence-corrected chi connectivity index (χ4v) is 2.90. The molecule has 0 aliphatic rings. The van der Waals surface area contributed by atoms with Gasteiger partial charge in [0.05, 0.1) is 12.1 Å². The van der Waals surface area contributed by atoms with Crippen molar-refractivity contribution in [3.63, 3.8) is 0 Å².